The van der Waals surface area contributed by atoms with Gasteiger partial charge in [-0.3, -0.25) is 4.57 Å². The summed E-state index contributed by atoms with van der Waals surface area (Å²) in [4.78, 5) is 11.8. The number of carboxylic acids is 1. The Bertz CT molecular complexity index is 825. The van der Waals surface area contributed by atoms with E-state index in [4.69, 9.17) is 5.73 Å². The predicted molar refractivity (Wildman–Crippen MR) is 83.8 cm³/mol. The van der Waals surface area contributed by atoms with Gasteiger partial charge in [-0.1, -0.05) is 30.0 Å². The quantitative estimate of drug-likeness (QED) is 0.718. The van der Waals surface area contributed by atoms with Crippen molar-refractivity contribution in [3.05, 3.63) is 34.7 Å². The zero-order chi connectivity index (χ0) is 15.0. The second-order valence-electron chi connectivity index (χ2n) is 4.40. The summed E-state index contributed by atoms with van der Waals surface area (Å²) in [7, 11) is 1.78. The molecule has 0 aliphatic carbocycles. The van der Waals surface area contributed by atoms with Gasteiger partial charge in [-0.2, -0.15) is 0 Å². The summed E-state index contributed by atoms with van der Waals surface area (Å²) in [5.74, 6) is -0.0483. The molecule has 3 N–H and O–H groups in total. The maximum absolute atomic E-state index is 11.4. The van der Waals surface area contributed by atoms with Gasteiger partial charge < -0.3 is 10.8 Å². The molecule has 0 fully saturated rings. The minimum atomic E-state index is -0.899. The van der Waals surface area contributed by atoms with Crippen LogP contribution in [0.3, 0.4) is 0 Å². The zero-order valence-electron chi connectivity index (χ0n) is 11.1. The lowest BCUT2D eigenvalue weighted by Gasteiger charge is -2.02. The zero-order valence-corrected chi connectivity index (χ0v) is 12.7. The number of rotatable bonds is 4. The number of thioether (sulfide) groups is 1. The van der Waals surface area contributed by atoms with Crippen LogP contribution in [0.25, 0.3) is 10.1 Å². The molecule has 0 unspecified atom stereocenters. The van der Waals surface area contributed by atoms with E-state index in [-0.39, 0.29) is 0 Å². The Balaban J connectivity index is 1.97. The average molecular weight is 320 g/mol. The van der Waals surface area contributed by atoms with Crippen molar-refractivity contribution in [3.63, 3.8) is 0 Å². The van der Waals surface area contributed by atoms with Crippen LogP contribution >= 0.6 is 23.1 Å². The van der Waals surface area contributed by atoms with E-state index in [2.05, 4.69) is 10.2 Å². The van der Waals surface area contributed by atoms with Gasteiger partial charge in [0, 0.05) is 17.5 Å². The summed E-state index contributed by atoms with van der Waals surface area (Å²) >= 11 is 2.72. The Morgan fingerprint density at radius 1 is 1.43 bits per heavy atom. The van der Waals surface area contributed by atoms with Crippen molar-refractivity contribution >= 4 is 45.1 Å². The summed E-state index contributed by atoms with van der Waals surface area (Å²) < 4.78 is 2.66. The van der Waals surface area contributed by atoms with E-state index < -0.39 is 5.97 Å². The van der Waals surface area contributed by atoms with E-state index in [9.17, 15) is 9.90 Å². The first-order valence-corrected chi connectivity index (χ1v) is 7.89. The monoisotopic (exact) mass is 320 g/mol. The third kappa shape index (κ3) is 2.47. The van der Waals surface area contributed by atoms with Gasteiger partial charge in [0.15, 0.2) is 5.16 Å². The molecule has 0 amide bonds. The van der Waals surface area contributed by atoms with Crippen LogP contribution in [0.4, 0.5) is 5.95 Å². The van der Waals surface area contributed by atoms with Gasteiger partial charge >= 0.3 is 5.97 Å². The van der Waals surface area contributed by atoms with Gasteiger partial charge in [-0.25, -0.2) is 4.79 Å². The summed E-state index contributed by atoms with van der Waals surface area (Å²) in [5, 5.41) is 18.8. The SMILES string of the molecule is Cn1c(N)nnc1SCc1c(C(=O)O)sc2ccccc12. The largest absolute Gasteiger partial charge is 0.477 e. The van der Waals surface area contributed by atoms with Crippen molar-refractivity contribution in [2.75, 3.05) is 5.73 Å². The first-order chi connectivity index (χ1) is 10.1. The number of nitrogens with two attached hydrogens (primary N) is 1. The number of aromatic nitrogens is 3. The Kier molecular flexibility index (Phi) is 3.56. The van der Waals surface area contributed by atoms with Gasteiger partial charge in [-0.15, -0.1) is 21.5 Å². The molecule has 0 spiro atoms. The summed E-state index contributed by atoms with van der Waals surface area (Å²) in [6.07, 6.45) is 0. The molecule has 6 nitrogen and oxygen atoms in total. The van der Waals surface area contributed by atoms with Crippen molar-refractivity contribution < 1.29 is 9.90 Å². The van der Waals surface area contributed by atoms with Crippen molar-refractivity contribution in [3.8, 4) is 0 Å². The van der Waals surface area contributed by atoms with E-state index in [0.29, 0.717) is 21.7 Å². The number of carboxylic acid groups (broad SMARTS) is 1. The lowest BCUT2D eigenvalue weighted by molar-refractivity contribution is 0.0701. The van der Waals surface area contributed by atoms with Crippen molar-refractivity contribution in [1.82, 2.24) is 14.8 Å². The Morgan fingerprint density at radius 3 is 2.86 bits per heavy atom. The molecule has 0 saturated heterocycles. The second-order valence-corrected chi connectivity index (χ2v) is 6.39. The van der Waals surface area contributed by atoms with Gasteiger partial charge in [0.2, 0.25) is 5.95 Å². The Morgan fingerprint density at radius 2 is 2.19 bits per heavy atom. The lowest BCUT2D eigenvalue weighted by atomic mass is 10.1. The molecule has 0 saturated carbocycles. The van der Waals surface area contributed by atoms with Crippen LogP contribution in [0.1, 0.15) is 15.2 Å². The summed E-state index contributed by atoms with van der Waals surface area (Å²) in [6.45, 7) is 0. The van der Waals surface area contributed by atoms with Crippen LogP contribution in [0, 0.1) is 0 Å². The average Bonchev–Trinajstić information content (AvgIpc) is 2.99. The third-order valence-electron chi connectivity index (χ3n) is 3.11. The van der Waals surface area contributed by atoms with Gasteiger partial charge in [-0.05, 0) is 17.0 Å². The molecule has 3 rings (SSSR count). The molecule has 1 aromatic carbocycles. The van der Waals surface area contributed by atoms with Crippen LogP contribution in [0.15, 0.2) is 29.4 Å². The molecule has 0 radical (unpaired) electrons. The van der Waals surface area contributed by atoms with Crippen molar-refractivity contribution in [2.45, 2.75) is 10.9 Å². The maximum Gasteiger partial charge on any atom is 0.346 e. The van der Waals surface area contributed by atoms with Gasteiger partial charge in [0.05, 0.1) is 0 Å². The maximum atomic E-state index is 11.4. The van der Waals surface area contributed by atoms with Gasteiger partial charge in [0.25, 0.3) is 0 Å². The van der Waals surface area contributed by atoms with E-state index in [0.717, 1.165) is 15.6 Å². The number of aromatic carboxylic acids is 1. The number of thiophene rings is 1. The number of fused-ring (bicyclic) bond motifs is 1. The molecule has 0 bridgehead atoms. The molecule has 2 heterocycles. The molecule has 21 heavy (non-hydrogen) atoms. The highest BCUT2D eigenvalue weighted by Crippen LogP contribution is 2.35. The highest BCUT2D eigenvalue weighted by molar-refractivity contribution is 7.98. The fraction of sp³-hybridized carbons (Fsp3) is 0.154. The lowest BCUT2D eigenvalue weighted by Crippen LogP contribution is -1.99. The molecule has 3 aromatic rings. The molecule has 108 valence electrons. The number of nitrogen functional groups attached to an aromatic ring is 1. The Labute approximate surface area is 128 Å². The fourth-order valence-electron chi connectivity index (χ4n) is 2.00. The van der Waals surface area contributed by atoms with Gasteiger partial charge in [0.1, 0.15) is 4.88 Å². The highest BCUT2D eigenvalue weighted by atomic mass is 32.2. The number of benzene rings is 1. The topological polar surface area (TPSA) is 94.0 Å². The van der Waals surface area contributed by atoms with Crippen LogP contribution < -0.4 is 5.73 Å². The number of hydrogen-bond donors (Lipinski definition) is 2. The first-order valence-electron chi connectivity index (χ1n) is 6.09. The standard InChI is InChI=1S/C13H12N4O2S2/c1-17-12(14)15-16-13(17)20-6-8-7-4-2-3-5-9(7)21-10(8)11(18)19/h2-5H,6H2,1H3,(H2,14,15)(H,18,19). The number of nitrogens with zero attached hydrogens (tertiary/aromatic N) is 3. The highest BCUT2D eigenvalue weighted by Gasteiger charge is 2.18. The number of hydrogen-bond acceptors (Lipinski definition) is 6. The smallest absolute Gasteiger partial charge is 0.346 e. The number of carbonyl (C=O) groups is 1. The van der Waals surface area contributed by atoms with Crippen LogP contribution in [-0.2, 0) is 12.8 Å². The van der Waals surface area contributed by atoms with Crippen molar-refractivity contribution in [1.29, 1.82) is 0 Å². The molecule has 0 aliphatic rings. The molecular formula is C13H12N4O2S2. The molecule has 0 atom stereocenters. The second kappa shape index (κ2) is 5.38. The molecule has 8 heteroatoms. The van der Waals surface area contributed by atoms with Crippen LogP contribution in [0.5, 0.6) is 0 Å². The molecular weight excluding hydrogens is 308 g/mol. The fourth-order valence-corrected chi connectivity index (χ4v) is 4.11. The van der Waals surface area contributed by atoms with E-state index in [1.807, 2.05) is 24.3 Å². The molecule has 0 aliphatic heterocycles. The minimum absolute atomic E-state index is 0.339. The summed E-state index contributed by atoms with van der Waals surface area (Å²) in [5.41, 5.74) is 6.46. The summed E-state index contributed by atoms with van der Waals surface area (Å²) in [6, 6.07) is 7.69. The minimum Gasteiger partial charge on any atom is -0.477 e. The first kappa shape index (κ1) is 13.9. The predicted octanol–water partition coefficient (Wildman–Crippen LogP) is 2.60. The normalized spacial score (nSPS) is 11.1. The third-order valence-corrected chi connectivity index (χ3v) is 5.35. The van der Waals surface area contributed by atoms with E-state index in [1.54, 1.807) is 11.6 Å². The van der Waals surface area contributed by atoms with Crippen LogP contribution in [0.2, 0.25) is 0 Å². The van der Waals surface area contributed by atoms with Crippen LogP contribution in [-0.4, -0.2) is 25.8 Å². The Hall–Kier alpha value is -2.06. The van der Waals surface area contributed by atoms with E-state index >= 15 is 0 Å². The van der Waals surface area contributed by atoms with E-state index in [1.165, 1.54) is 23.1 Å². The number of anilines is 1. The molecule has 2 aromatic heterocycles. The van der Waals surface area contributed by atoms with Crippen molar-refractivity contribution in [2.24, 2.45) is 7.05 Å².